The van der Waals surface area contributed by atoms with Gasteiger partial charge in [0.2, 0.25) is 0 Å². The summed E-state index contributed by atoms with van der Waals surface area (Å²) in [6.45, 7) is 7.94. The van der Waals surface area contributed by atoms with Gasteiger partial charge in [-0.05, 0) is 57.5 Å². The summed E-state index contributed by atoms with van der Waals surface area (Å²) in [7, 11) is 0. The van der Waals surface area contributed by atoms with Crippen molar-refractivity contribution in [1.29, 1.82) is 0 Å². The number of likely N-dealkylation sites (tertiary alicyclic amines) is 1. The van der Waals surface area contributed by atoms with Gasteiger partial charge in [0.05, 0.1) is 30.4 Å². The molecule has 0 saturated carbocycles. The van der Waals surface area contributed by atoms with Crippen LogP contribution in [0.1, 0.15) is 44.9 Å². The molecular formula is C25H29NO6. The Morgan fingerprint density at radius 3 is 2.41 bits per heavy atom. The number of aliphatic hydroxyl groups is 1. The van der Waals surface area contributed by atoms with Crippen LogP contribution < -0.4 is 4.74 Å². The van der Waals surface area contributed by atoms with E-state index in [4.69, 9.17) is 9.47 Å². The predicted molar refractivity (Wildman–Crippen MR) is 120 cm³/mol. The second-order valence-corrected chi connectivity index (χ2v) is 8.20. The first kappa shape index (κ1) is 23.3. The summed E-state index contributed by atoms with van der Waals surface area (Å²) in [5.41, 5.74) is 0.849. The largest absolute Gasteiger partial charge is 0.508 e. The minimum Gasteiger partial charge on any atom is -0.508 e. The van der Waals surface area contributed by atoms with E-state index in [-0.39, 0.29) is 42.4 Å². The van der Waals surface area contributed by atoms with Crippen LogP contribution in [-0.4, -0.2) is 52.2 Å². The van der Waals surface area contributed by atoms with Crippen molar-refractivity contribution in [2.45, 2.75) is 45.9 Å². The molecule has 3 rings (SSSR count). The summed E-state index contributed by atoms with van der Waals surface area (Å²) in [4.78, 5) is 27.3. The zero-order valence-electron chi connectivity index (χ0n) is 18.7. The molecule has 0 aliphatic carbocycles. The Balaban J connectivity index is 2.09. The van der Waals surface area contributed by atoms with E-state index in [2.05, 4.69) is 0 Å². The van der Waals surface area contributed by atoms with E-state index < -0.39 is 17.7 Å². The van der Waals surface area contributed by atoms with E-state index in [0.29, 0.717) is 16.9 Å². The van der Waals surface area contributed by atoms with Crippen molar-refractivity contribution >= 4 is 17.4 Å². The number of rotatable bonds is 8. The van der Waals surface area contributed by atoms with Crippen molar-refractivity contribution in [3.8, 4) is 11.5 Å². The van der Waals surface area contributed by atoms with E-state index in [0.717, 1.165) is 0 Å². The van der Waals surface area contributed by atoms with Gasteiger partial charge < -0.3 is 24.6 Å². The number of phenols is 1. The summed E-state index contributed by atoms with van der Waals surface area (Å²) in [6, 6.07) is 12.2. The molecule has 1 aliphatic rings. The molecule has 1 saturated heterocycles. The Morgan fingerprint density at radius 2 is 1.75 bits per heavy atom. The van der Waals surface area contributed by atoms with Crippen LogP contribution in [0.5, 0.6) is 11.5 Å². The summed E-state index contributed by atoms with van der Waals surface area (Å²) in [5.74, 6) is -1.26. The molecule has 0 spiro atoms. The molecule has 0 radical (unpaired) electrons. The maximum atomic E-state index is 13.0. The summed E-state index contributed by atoms with van der Waals surface area (Å²) in [5, 5.41) is 21.1. The zero-order chi connectivity index (χ0) is 23.4. The molecular weight excluding hydrogens is 410 g/mol. The molecule has 7 heteroatoms. The molecule has 2 N–H and O–H groups in total. The Kier molecular flexibility index (Phi) is 7.20. The van der Waals surface area contributed by atoms with Gasteiger partial charge in [-0.2, -0.15) is 0 Å². The Morgan fingerprint density at radius 1 is 1.03 bits per heavy atom. The Labute approximate surface area is 187 Å². The van der Waals surface area contributed by atoms with Crippen LogP contribution in [0.2, 0.25) is 0 Å². The third-order valence-corrected chi connectivity index (χ3v) is 4.99. The number of ether oxygens (including phenoxy) is 2. The highest BCUT2D eigenvalue weighted by atomic mass is 16.5. The van der Waals surface area contributed by atoms with Crippen molar-refractivity contribution in [2.24, 2.45) is 0 Å². The molecule has 1 atom stereocenters. The van der Waals surface area contributed by atoms with Gasteiger partial charge in [-0.3, -0.25) is 9.59 Å². The fourth-order valence-electron chi connectivity index (χ4n) is 3.68. The number of aliphatic hydroxyl groups excluding tert-OH is 1. The molecule has 2 aromatic carbocycles. The van der Waals surface area contributed by atoms with Gasteiger partial charge >= 0.3 is 0 Å². The smallest absolute Gasteiger partial charge is 0.295 e. The van der Waals surface area contributed by atoms with Crippen LogP contribution in [0.4, 0.5) is 0 Å². The lowest BCUT2D eigenvalue weighted by atomic mass is 9.95. The number of hydrogen-bond acceptors (Lipinski definition) is 6. The average molecular weight is 440 g/mol. The van der Waals surface area contributed by atoms with Crippen LogP contribution in [0, 0.1) is 0 Å². The van der Waals surface area contributed by atoms with Gasteiger partial charge in [0.15, 0.2) is 0 Å². The summed E-state index contributed by atoms with van der Waals surface area (Å²) in [6.07, 6.45) is -0.0963. The SMILES string of the molecule is CC(C)OCCN1C(=O)C(=O)/C(=C(\O)c2cccc(OC(C)C)c2)C1c1cccc(O)c1. The summed E-state index contributed by atoms with van der Waals surface area (Å²) < 4.78 is 11.3. The van der Waals surface area contributed by atoms with E-state index in [9.17, 15) is 19.8 Å². The van der Waals surface area contributed by atoms with Gasteiger partial charge in [0, 0.05) is 12.1 Å². The van der Waals surface area contributed by atoms with Crippen molar-refractivity contribution in [3.63, 3.8) is 0 Å². The van der Waals surface area contributed by atoms with Crippen LogP contribution in [0.3, 0.4) is 0 Å². The number of benzene rings is 2. The number of carbonyl (C=O) groups is 2. The van der Waals surface area contributed by atoms with Crippen LogP contribution >= 0.6 is 0 Å². The highest BCUT2D eigenvalue weighted by Crippen LogP contribution is 2.40. The second kappa shape index (κ2) is 9.87. The zero-order valence-corrected chi connectivity index (χ0v) is 18.7. The van der Waals surface area contributed by atoms with Gasteiger partial charge in [0.1, 0.15) is 17.3 Å². The highest BCUT2D eigenvalue weighted by molar-refractivity contribution is 6.46. The van der Waals surface area contributed by atoms with Crippen molar-refractivity contribution in [2.75, 3.05) is 13.2 Å². The van der Waals surface area contributed by atoms with Gasteiger partial charge in [-0.25, -0.2) is 0 Å². The molecule has 1 aliphatic heterocycles. The van der Waals surface area contributed by atoms with Gasteiger partial charge in [0.25, 0.3) is 11.7 Å². The third kappa shape index (κ3) is 5.11. The number of nitrogens with zero attached hydrogens (tertiary/aromatic N) is 1. The third-order valence-electron chi connectivity index (χ3n) is 4.99. The summed E-state index contributed by atoms with van der Waals surface area (Å²) >= 11 is 0. The standard InChI is InChI=1S/C25H29NO6/c1-15(2)31-12-11-26-22(17-7-5-9-19(27)13-17)21(24(29)25(26)30)23(28)18-8-6-10-20(14-18)32-16(3)4/h5-10,13-16,22,27-28H,11-12H2,1-4H3/b23-21-. The Bertz CT molecular complexity index is 1030. The van der Waals surface area contributed by atoms with E-state index in [1.54, 1.807) is 36.4 Å². The molecule has 1 fully saturated rings. The van der Waals surface area contributed by atoms with E-state index in [1.165, 1.54) is 17.0 Å². The minimum absolute atomic E-state index is 0.00107. The monoisotopic (exact) mass is 439 g/mol. The second-order valence-electron chi connectivity index (χ2n) is 8.20. The maximum absolute atomic E-state index is 13.0. The normalized spacial score (nSPS) is 18.1. The molecule has 170 valence electrons. The molecule has 0 aromatic heterocycles. The highest BCUT2D eigenvalue weighted by Gasteiger charge is 2.46. The first-order valence-corrected chi connectivity index (χ1v) is 10.6. The molecule has 32 heavy (non-hydrogen) atoms. The first-order valence-electron chi connectivity index (χ1n) is 10.6. The number of hydrogen-bond donors (Lipinski definition) is 2. The minimum atomic E-state index is -0.854. The molecule has 1 heterocycles. The molecule has 0 bridgehead atoms. The first-order chi connectivity index (χ1) is 15.2. The van der Waals surface area contributed by atoms with Crippen molar-refractivity contribution < 1.29 is 29.3 Å². The van der Waals surface area contributed by atoms with Crippen LogP contribution in [0.25, 0.3) is 5.76 Å². The van der Waals surface area contributed by atoms with Crippen molar-refractivity contribution in [1.82, 2.24) is 4.90 Å². The lowest BCUT2D eigenvalue weighted by Crippen LogP contribution is -2.33. The molecule has 7 nitrogen and oxygen atoms in total. The fourth-order valence-corrected chi connectivity index (χ4v) is 3.68. The Hall–Kier alpha value is -3.32. The predicted octanol–water partition coefficient (Wildman–Crippen LogP) is 4.03. The number of Topliss-reactive ketones (excluding diaryl/α,β-unsaturated/α-hetero) is 1. The van der Waals surface area contributed by atoms with Crippen LogP contribution in [-0.2, 0) is 14.3 Å². The quantitative estimate of drug-likeness (QED) is 0.366. The van der Waals surface area contributed by atoms with Gasteiger partial charge in [-0.1, -0.05) is 24.3 Å². The van der Waals surface area contributed by atoms with Crippen molar-refractivity contribution in [3.05, 3.63) is 65.2 Å². The van der Waals surface area contributed by atoms with Crippen LogP contribution in [0.15, 0.2) is 54.1 Å². The van der Waals surface area contributed by atoms with E-state index >= 15 is 0 Å². The molecule has 1 unspecified atom stereocenters. The topological polar surface area (TPSA) is 96.3 Å². The number of aromatic hydroxyl groups is 1. The number of ketones is 1. The number of carbonyl (C=O) groups excluding carboxylic acids is 2. The van der Waals surface area contributed by atoms with E-state index in [1.807, 2.05) is 27.7 Å². The fraction of sp³-hybridized carbons (Fsp3) is 0.360. The number of amides is 1. The van der Waals surface area contributed by atoms with Gasteiger partial charge in [-0.15, -0.1) is 0 Å². The molecule has 2 aromatic rings. The number of phenolic OH excluding ortho intramolecular Hbond substituents is 1. The molecule has 1 amide bonds. The average Bonchev–Trinajstić information content (AvgIpc) is 2.98. The lowest BCUT2D eigenvalue weighted by Gasteiger charge is -2.25. The lowest BCUT2D eigenvalue weighted by molar-refractivity contribution is -0.140. The maximum Gasteiger partial charge on any atom is 0.295 e.